The maximum Gasteiger partial charge on any atom is 0.340 e. The highest BCUT2D eigenvalue weighted by atomic mass is 35.5. The Kier molecular flexibility index (Phi) is 8.15. The van der Waals surface area contributed by atoms with Crippen molar-refractivity contribution in [3.8, 4) is 11.8 Å². The molecular weight excluding hydrogens is 403 g/mol. The minimum atomic E-state index is -0.338. The van der Waals surface area contributed by atoms with Crippen molar-refractivity contribution in [2.24, 2.45) is 7.05 Å². The highest BCUT2D eigenvalue weighted by Gasteiger charge is 2.30. The normalized spacial score (nSPS) is 13.2. The minimum absolute atomic E-state index is 0. The molecule has 0 spiro atoms. The van der Waals surface area contributed by atoms with Crippen molar-refractivity contribution >= 4 is 41.7 Å². The van der Waals surface area contributed by atoms with Crippen molar-refractivity contribution in [2.45, 2.75) is 20.0 Å². The van der Waals surface area contributed by atoms with Crippen molar-refractivity contribution in [3.63, 3.8) is 0 Å². The molecule has 1 aliphatic heterocycles. The van der Waals surface area contributed by atoms with Gasteiger partial charge in [-0.05, 0) is 34.1 Å². The van der Waals surface area contributed by atoms with Gasteiger partial charge < -0.3 is 18.9 Å². The van der Waals surface area contributed by atoms with Crippen LogP contribution in [0.1, 0.15) is 34.1 Å². The second-order valence-corrected chi connectivity index (χ2v) is 6.86. The Labute approximate surface area is 177 Å². The second-order valence-electron chi connectivity index (χ2n) is 6.86. The van der Waals surface area contributed by atoms with Gasteiger partial charge in [-0.25, -0.2) is 4.79 Å². The Morgan fingerprint density at radius 2 is 2.04 bits per heavy atom. The molecule has 1 aromatic carbocycles. The molecule has 1 aromatic heterocycles. The molecule has 0 aliphatic carbocycles. The number of carbonyl (C=O) groups excluding carboxylic acids is 1. The van der Waals surface area contributed by atoms with E-state index in [0.717, 1.165) is 22.2 Å². The van der Waals surface area contributed by atoms with E-state index in [-0.39, 0.29) is 30.8 Å². The first-order valence-electron chi connectivity index (χ1n) is 8.59. The molecule has 0 amide bonds. The van der Waals surface area contributed by atoms with Crippen molar-refractivity contribution in [1.29, 1.82) is 5.26 Å². The fraction of sp³-hybridized carbons (Fsp3) is 0.474. The van der Waals surface area contributed by atoms with Crippen molar-refractivity contribution in [2.75, 3.05) is 34.5 Å². The van der Waals surface area contributed by atoms with Gasteiger partial charge in [0.15, 0.2) is 0 Å². The van der Waals surface area contributed by atoms with Crippen LogP contribution in [0.3, 0.4) is 0 Å². The average molecular weight is 429 g/mol. The Morgan fingerprint density at radius 1 is 1.36 bits per heavy atom. The molecule has 7 nitrogen and oxygen atoms in total. The molecule has 1 aliphatic rings. The number of halogens is 2. The van der Waals surface area contributed by atoms with Crippen LogP contribution >= 0.6 is 24.8 Å². The van der Waals surface area contributed by atoms with Gasteiger partial charge in [-0.2, -0.15) is 5.26 Å². The van der Waals surface area contributed by atoms with Crippen molar-refractivity contribution in [1.82, 2.24) is 14.4 Å². The van der Waals surface area contributed by atoms with E-state index >= 15 is 0 Å². The molecule has 2 heterocycles. The van der Waals surface area contributed by atoms with E-state index < -0.39 is 0 Å². The van der Waals surface area contributed by atoms with E-state index in [2.05, 4.69) is 6.07 Å². The molecule has 9 heteroatoms. The van der Waals surface area contributed by atoms with Crippen LogP contribution in [-0.4, -0.2) is 54.8 Å². The van der Waals surface area contributed by atoms with Crippen LogP contribution in [0, 0.1) is 11.3 Å². The third-order valence-electron chi connectivity index (χ3n) is 4.59. The summed E-state index contributed by atoms with van der Waals surface area (Å²) in [7, 11) is 7.78. The zero-order valence-corrected chi connectivity index (χ0v) is 18.4. The van der Waals surface area contributed by atoms with Crippen LogP contribution in [0.5, 0.6) is 5.75 Å². The summed E-state index contributed by atoms with van der Waals surface area (Å²) in [6.45, 7) is 3.73. The number of ether oxygens (including phenoxy) is 2. The van der Waals surface area contributed by atoms with Crippen molar-refractivity contribution in [3.05, 3.63) is 28.5 Å². The average Bonchev–Trinajstić information content (AvgIpc) is 2.86. The first kappa shape index (κ1) is 24.1. The van der Waals surface area contributed by atoms with E-state index in [1.54, 1.807) is 13.0 Å². The zero-order chi connectivity index (χ0) is 19.0. The summed E-state index contributed by atoms with van der Waals surface area (Å²) in [4.78, 5) is 16.8. The van der Waals surface area contributed by atoms with Crippen LogP contribution in [-0.2, 0) is 24.9 Å². The summed E-state index contributed by atoms with van der Waals surface area (Å²) in [5, 5.41) is 10.4. The van der Waals surface area contributed by atoms with Gasteiger partial charge in [0.25, 0.3) is 0 Å². The minimum Gasteiger partial charge on any atom is -0.476 e. The predicted molar refractivity (Wildman–Crippen MR) is 112 cm³/mol. The lowest BCUT2D eigenvalue weighted by atomic mass is 9.99. The highest BCUT2D eigenvalue weighted by molar-refractivity contribution is 6.08. The summed E-state index contributed by atoms with van der Waals surface area (Å²) < 4.78 is 13.2. The molecular formula is C19H26Cl2N4O3. The second kappa shape index (κ2) is 9.48. The van der Waals surface area contributed by atoms with Crippen LogP contribution in [0.4, 0.5) is 0 Å². The molecule has 0 atom stereocenters. The predicted octanol–water partition coefficient (Wildman–Crippen LogP) is 2.91. The van der Waals surface area contributed by atoms with Gasteiger partial charge in [-0.1, -0.05) is 0 Å². The molecule has 2 aromatic rings. The summed E-state index contributed by atoms with van der Waals surface area (Å²) in [6.07, 6.45) is 0. The number of esters is 1. The first-order valence-corrected chi connectivity index (χ1v) is 8.59. The van der Waals surface area contributed by atoms with Gasteiger partial charge in [-0.15, -0.1) is 24.8 Å². The number of hydrogen-bond donors (Lipinski definition) is 0. The van der Waals surface area contributed by atoms with Gasteiger partial charge in [0, 0.05) is 36.8 Å². The molecule has 154 valence electrons. The molecule has 0 bridgehead atoms. The van der Waals surface area contributed by atoms with Gasteiger partial charge in [0.1, 0.15) is 18.5 Å². The Bertz CT molecular complexity index is 919. The smallest absolute Gasteiger partial charge is 0.340 e. The number of benzene rings is 1. The van der Waals surface area contributed by atoms with Gasteiger partial charge >= 0.3 is 5.97 Å². The largest absolute Gasteiger partial charge is 0.476 e. The molecule has 0 fully saturated rings. The number of carbonyl (C=O) groups is 1. The molecule has 0 saturated carbocycles. The quantitative estimate of drug-likeness (QED) is 0.697. The Hall–Kier alpha value is -1.98. The van der Waals surface area contributed by atoms with E-state index in [0.29, 0.717) is 43.3 Å². The molecule has 0 radical (unpaired) electrons. The third kappa shape index (κ3) is 4.06. The van der Waals surface area contributed by atoms with Crippen molar-refractivity contribution < 1.29 is 14.3 Å². The van der Waals surface area contributed by atoms with E-state index in [1.807, 2.05) is 42.6 Å². The zero-order valence-electron chi connectivity index (χ0n) is 16.7. The van der Waals surface area contributed by atoms with Gasteiger partial charge in [0.2, 0.25) is 0 Å². The molecule has 0 unspecified atom stereocenters. The molecule has 28 heavy (non-hydrogen) atoms. The van der Waals surface area contributed by atoms with Crippen LogP contribution in [0.2, 0.25) is 0 Å². The fourth-order valence-corrected chi connectivity index (χ4v) is 3.50. The van der Waals surface area contributed by atoms with Crippen LogP contribution in [0.25, 0.3) is 10.9 Å². The number of fused-ring (bicyclic) bond motifs is 3. The van der Waals surface area contributed by atoms with Crippen LogP contribution < -0.4 is 4.74 Å². The Balaban J connectivity index is 0.00000196. The first-order chi connectivity index (χ1) is 12.4. The standard InChI is InChI=1S/C19H24N4O3.2ClH/c1-6-25-19(24)17-15(10-21(2)3)23(5)14-7-12(8-20)18-13(16(14)17)9-22(4)11-26-18;;/h7H,6,9-11H2,1-5H3;2*1H. The lowest BCUT2D eigenvalue weighted by Gasteiger charge is -2.27. The maximum absolute atomic E-state index is 12.8. The lowest BCUT2D eigenvalue weighted by Crippen LogP contribution is -2.29. The van der Waals surface area contributed by atoms with Crippen LogP contribution in [0.15, 0.2) is 6.07 Å². The topological polar surface area (TPSA) is 70.7 Å². The third-order valence-corrected chi connectivity index (χ3v) is 4.59. The summed E-state index contributed by atoms with van der Waals surface area (Å²) in [6, 6.07) is 4.04. The Morgan fingerprint density at radius 3 is 2.61 bits per heavy atom. The summed E-state index contributed by atoms with van der Waals surface area (Å²) in [5.41, 5.74) is 3.65. The van der Waals surface area contributed by atoms with E-state index in [4.69, 9.17) is 9.47 Å². The number of hydrogen-bond acceptors (Lipinski definition) is 6. The lowest BCUT2D eigenvalue weighted by molar-refractivity contribution is 0.0526. The number of aryl methyl sites for hydroxylation is 1. The monoisotopic (exact) mass is 428 g/mol. The molecule has 3 rings (SSSR count). The molecule has 0 N–H and O–H groups in total. The number of rotatable bonds is 4. The van der Waals surface area contributed by atoms with E-state index in [1.165, 1.54) is 0 Å². The fourth-order valence-electron chi connectivity index (χ4n) is 3.50. The SMILES string of the molecule is CCOC(=O)c1c(CN(C)C)n(C)c2cc(C#N)c3c(c12)CN(C)CO3.Cl.Cl. The van der Waals surface area contributed by atoms with E-state index in [9.17, 15) is 10.1 Å². The highest BCUT2D eigenvalue weighted by Crippen LogP contribution is 2.39. The molecule has 0 saturated heterocycles. The number of nitriles is 1. The summed E-state index contributed by atoms with van der Waals surface area (Å²) >= 11 is 0. The van der Waals surface area contributed by atoms with Gasteiger partial charge in [-0.3, -0.25) is 4.90 Å². The summed E-state index contributed by atoms with van der Waals surface area (Å²) in [5.74, 6) is 0.237. The maximum atomic E-state index is 12.8. The number of nitrogens with zero attached hydrogens (tertiary/aromatic N) is 4. The number of aromatic nitrogens is 1. The van der Waals surface area contributed by atoms with Gasteiger partial charge in [0.05, 0.1) is 23.3 Å².